The Morgan fingerprint density at radius 2 is 2.05 bits per heavy atom. The SMILES string of the molecule is C=CCC(NC(=O)CCOc1ccccc1)C(=O)O. The quantitative estimate of drug-likeness (QED) is 0.698. The minimum absolute atomic E-state index is 0.107. The number of hydrogen-bond acceptors (Lipinski definition) is 3. The lowest BCUT2D eigenvalue weighted by Gasteiger charge is -2.12. The average molecular weight is 263 g/mol. The fraction of sp³-hybridized carbons (Fsp3) is 0.286. The summed E-state index contributed by atoms with van der Waals surface area (Å²) in [4.78, 5) is 22.4. The Morgan fingerprint density at radius 3 is 2.63 bits per heavy atom. The highest BCUT2D eigenvalue weighted by atomic mass is 16.5. The summed E-state index contributed by atoms with van der Waals surface area (Å²) in [5.74, 6) is -0.751. The third-order valence-corrected chi connectivity index (χ3v) is 2.38. The largest absolute Gasteiger partial charge is 0.493 e. The number of para-hydroxylation sites is 1. The van der Waals surface area contributed by atoms with Crippen LogP contribution in [0.25, 0.3) is 0 Å². The zero-order chi connectivity index (χ0) is 14.1. The molecule has 0 spiro atoms. The molecule has 1 atom stereocenters. The number of benzene rings is 1. The van der Waals surface area contributed by atoms with Crippen LogP contribution in [-0.4, -0.2) is 29.6 Å². The van der Waals surface area contributed by atoms with Crippen molar-refractivity contribution in [2.45, 2.75) is 18.9 Å². The molecule has 0 saturated heterocycles. The fourth-order valence-electron chi connectivity index (χ4n) is 1.43. The van der Waals surface area contributed by atoms with Gasteiger partial charge in [-0.1, -0.05) is 24.3 Å². The number of aliphatic carboxylic acids is 1. The van der Waals surface area contributed by atoms with Crippen molar-refractivity contribution >= 4 is 11.9 Å². The molecule has 1 aromatic carbocycles. The van der Waals surface area contributed by atoms with Crippen LogP contribution in [0.4, 0.5) is 0 Å². The van der Waals surface area contributed by atoms with Crippen LogP contribution >= 0.6 is 0 Å². The van der Waals surface area contributed by atoms with Crippen molar-refractivity contribution < 1.29 is 19.4 Å². The van der Waals surface area contributed by atoms with Crippen LogP contribution in [0.3, 0.4) is 0 Å². The van der Waals surface area contributed by atoms with E-state index in [1.807, 2.05) is 18.2 Å². The Hall–Kier alpha value is -2.30. The maximum atomic E-state index is 11.5. The molecule has 0 saturated carbocycles. The van der Waals surface area contributed by atoms with Gasteiger partial charge in [-0.3, -0.25) is 4.79 Å². The summed E-state index contributed by atoms with van der Waals surface area (Å²) < 4.78 is 5.35. The molecule has 0 aliphatic carbocycles. The van der Waals surface area contributed by atoms with Crippen molar-refractivity contribution in [3.05, 3.63) is 43.0 Å². The van der Waals surface area contributed by atoms with Crippen molar-refractivity contribution in [2.24, 2.45) is 0 Å². The molecule has 5 nitrogen and oxygen atoms in total. The summed E-state index contributed by atoms with van der Waals surface area (Å²) in [6.07, 6.45) is 1.76. The normalized spacial score (nSPS) is 11.4. The third-order valence-electron chi connectivity index (χ3n) is 2.38. The standard InChI is InChI=1S/C14H17NO4/c1-2-6-12(14(17)18)15-13(16)9-10-19-11-7-4-3-5-8-11/h2-5,7-8,12H,1,6,9-10H2,(H,15,16)(H,17,18). The van der Waals surface area contributed by atoms with Gasteiger partial charge in [-0.15, -0.1) is 6.58 Å². The Bertz CT molecular complexity index is 430. The van der Waals surface area contributed by atoms with Gasteiger partial charge >= 0.3 is 5.97 Å². The van der Waals surface area contributed by atoms with Gasteiger partial charge in [0.15, 0.2) is 0 Å². The molecule has 5 heteroatoms. The van der Waals surface area contributed by atoms with E-state index in [9.17, 15) is 9.59 Å². The number of nitrogens with one attached hydrogen (secondary N) is 1. The number of carbonyl (C=O) groups excluding carboxylic acids is 1. The molecule has 0 aliphatic rings. The predicted molar refractivity (Wildman–Crippen MR) is 70.9 cm³/mol. The molecule has 0 heterocycles. The lowest BCUT2D eigenvalue weighted by atomic mass is 10.2. The van der Waals surface area contributed by atoms with Gasteiger partial charge < -0.3 is 15.2 Å². The fourth-order valence-corrected chi connectivity index (χ4v) is 1.43. The van der Waals surface area contributed by atoms with Crippen molar-refractivity contribution in [1.82, 2.24) is 5.32 Å². The van der Waals surface area contributed by atoms with Gasteiger partial charge in [0.1, 0.15) is 11.8 Å². The first kappa shape index (κ1) is 14.8. The van der Waals surface area contributed by atoms with E-state index in [4.69, 9.17) is 9.84 Å². The summed E-state index contributed by atoms with van der Waals surface area (Å²) in [6, 6.07) is 8.18. The second kappa shape index (κ2) is 7.92. The molecular formula is C14H17NO4. The van der Waals surface area contributed by atoms with Gasteiger partial charge in [-0.2, -0.15) is 0 Å². The number of ether oxygens (including phenoxy) is 1. The number of rotatable bonds is 8. The molecule has 1 rings (SSSR count). The van der Waals surface area contributed by atoms with Gasteiger partial charge in [0.25, 0.3) is 0 Å². The lowest BCUT2D eigenvalue weighted by Crippen LogP contribution is -2.40. The number of amides is 1. The number of carboxylic acids is 1. The van der Waals surface area contributed by atoms with Crippen molar-refractivity contribution in [2.75, 3.05) is 6.61 Å². The second-order valence-electron chi connectivity index (χ2n) is 3.89. The van der Waals surface area contributed by atoms with Crippen LogP contribution in [0.5, 0.6) is 5.75 Å². The smallest absolute Gasteiger partial charge is 0.326 e. The molecule has 0 fully saturated rings. The Balaban J connectivity index is 2.31. The summed E-state index contributed by atoms with van der Waals surface area (Å²) >= 11 is 0. The van der Waals surface area contributed by atoms with E-state index >= 15 is 0 Å². The van der Waals surface area contributed by atoms with E-state index in [1.54, 1.807) is 12.1 Å². The molecule has 0 bridgehead atoms. The van der Waals surface area contributed by atoms with Crippen LogP contribution in [0, 0.1) is 0 Å². The first-order valence-electron chi connectivity index (χ1n) is 5.94. The number of carboxylic acid groups (broad SMARTS) is 1. The predicted octanol–water partition coefficient (Wildman–Crippen LogP) is 1.60. The summed E-state index contributed by atoms with van der Waals surface area (Å²) in [5.41, 5.74) is 0. The van der Waals surface area contributed by atoms with Crippen LogP contribution in [0.15, 0.2) is 43.0 Å². The monoisotopic (exact) mass is 263 g/mol. The van der Waals surface area contributed by atoms with Crippen molar-refractivity contribution in [1.29, 1.82) is 0 Å². The van der Waals surface area contributed by atoms with Gasteiger partial charge in [0.2, 0.25) is 5.91 Å². The zero-order valence-corrected chi connectivity index (χ0v) is 10.5. The van der Waals surface area contributed by atoms with E-state index in [2.05, 4.69) is 11.9 Å². The van der Waals surface area contributed by atoms with Crippen LogP contribution in [-0.2, 0) is 9.59 Å². The highest BCUT2D eigenvalue weighted by molar-refractivity contribution is 5.83. The maximum absolute atomic E-state index is 11.5. The first-order valence-corrected chi connectivity index (χ1v) is 5.94. The molecule has 0 aromatic heterocycles. The molecule has 19 heavy (non-hydrogen) atoms. The van der Waals surface area contributed by atoms with Crippen molar-refractivity contribution in [3.8, 4) is 5.75 Å². The highest BCUT2D eigenvalue weighted by Crippen LogP contribution is 2.08. The molecular weight excluding hydrogens is 246 g/mol. The van der Waals surface area contributed by atoms with Gasteiger partial charge in [0.05, 0.1) is 13.0 Å². The van der Waals surface area contributed by atoms with E-state index in [-0.39, 0.29) is 25.4 Å². The molecule has 2 N–H and O–H groups in total. The topological polar surface area (TPSA) is 75.6 Å². The summed E-state index contributed by atoms with van der Waals surface area (Å²) in [5, 5.41) is 11.3. The van der Waals surface area contributed by atoms with Gasteiger partial charge in [-0.05, 0) is 18.6 Å². The van der Waals surface area contributed by atoms with Crippen LogP contribution in [0.1, 0.15) is 12.8 Å². The molecule has 102 valence electrons. The lowest BCUT2D eigenvalue weighted by molar-refractivity contribution is -0.141. The van der Waals surface area contributed by atoms with Gasteiger partial charge in [-0.25, -0.2) is 4.79 Å². The third kappa shape index (κ3) is 5.72. The molecule has 1 unspecified atom stereocenters. The Morgan fingerprint density at radius 1 is 1.37 bits per heavy atom. The van der Waals surface area contributed by atoms with E-state index in [1.165, 1.54) is 6.08 Å². The zero-order valence-electron chi connectivity index (χ0n) is 10.5. The second-order valence-corrected chi connectivity index (χ2v) is 3.89. The van der Waals surface area contributed by atoms with E-state index < -0.39 is 12.0 Å². The van der Waals surface area contributed by atoms with E-state index in [0.29, 0.717) is 5.75 Å². The van der Waals surface area contributed by atoms with E-state index in [0.717, 1.165) is 0 Å². The maximum Gasteiger partial charge on any atom is 0.326 e. The molecule has 1 aromatic rings. The molecule has 0 radical (unpaired) electrons. The van der Waals surface area contributed by atoms with Crippen LogP contribution in [0.2, 0.25) is 0 Å². The Kier molecular flexibility index (Phi) is 6.15. The minimum Gasteiger partial charge on any atom is -0.493 e. The average Bonchev–Trinajstić information content (AvgIpc) is 2.39. The minimum atomic E-state index is -1.07. The van der Waals surface area contributed by atoms with Crippen LogP contribution < -0.4 is 10.1 Å². The Labute approximate surface area is 111 Å². The van der Waals surface area contributed by atoms with Gasteiger partial charge in [0, 0.05) is 0 Å². The van der Waals surface area contributed by atoms with Crippen molar-refractivity contribution in [3.63, 3.8) is 0 Å². The number of hydrogen-bond donors (Lipinski definition) is 2. The molecule has 1 amide bonds. The molecule has 0 aliphatic heterocycles. The highest BCUT2D eigenvalue weighted by Gasteiger charge is 2.17. The summed E-state index contributed by atoms with van der Waals surface area (Å²) in [6.45, 7) is 3.66. The summed E-state index contributed by atoms with van der Waals surface area (Å²) in [7, 11) is 0. The first-order chi connectivity index (χ1) is 9.13. The number of carbonyl (C=O) groups is 2.